The number of ether oxygens (including phenoxy) is 4. The SMILES string of the molecule is O=C(O)c1ccc(CCOCCCOCO)c(C(=O)O)c1CCOCCCOCO. The molecule has 0 bridgehead atoms. The van der Waals surface area contributed by atoms with Crippen LogP contribution >= 0.6 is 0 Å². The van der Waals surface area contributed by atoms with Crippen LogP contribution in [0.25, 0.3) is 0 Å². The van der Waals surface area contributed by atoms with Crippen LogP contribution in [0.15, 0.2) is 12.1 Å². The average molecular weight is 430 g/mol. The van der Waals surface area contributed by atoms with Crippen molar-refractivity contribution in [2.75, 3.05) is 53.2 Å². The van der Waals surface area contributed by atoms with Crippen molar-refractivity contribution in [1.29, 1.82) is 0 Å². The van der Waals surface area contributed by atoms with E-state index in [1.54, 1.807) is 0 Å². The molecule has 0 radical (unpaired) electrons. The Morgan fingerprint density at radius 1 is 0.700 bits per heavy atom. The highest BCUT2D eigenvalue weighted by atomic mass is 16.6. The summed E-state index contributed by atoms with van der Waals surface area (Å²) < 4.78 is 20.5. The largest absolute Gasteiger partial charge is 0.478 e. The van der Waals surface area contributed by atoms with E-state index < -0.39 is 11.9 Å². The molecule has 1 rings (SSSR count). The van der Waals surface area contributed by atoms with Gasteiger partial charge in [-0.15, -0.1) is 0 Å². The van der Waals surface area contributed by atoms with Crippen molar-refractivity contribution in [1.82, 2.24) is 0 Å². The molecular formula is C20H30O10. The molecule has 30 heavy (non-hydrogen) atoms. The topological polar surface area (TPSA) is 152 Å². The van der Waals surface area contributed by atoms with Gasteiger partial charge in [-0.25, -0.2) is 9.59 Å². The average Bonchev–Trinajstić information content (AvgIpc) is 2.71. The summed E-state index contributed by atoms with van der Waals surface area (Å²) >= 11 is 0. The van der Waals surface area contributed by atoms with Crippen LogP contribution in [0.2, 0.25) is 0 Å². The zero-order valence-corrected chi connectivity index (χ0v) is 16.9. The van der Waals surface area contributed by atoms with E-state index >= 15 is 0 Å². The van der Waals surface area contributed by atoms with Crippen LogP contribution in [0.3, 0.4) is 0 Å². The third-order valence-electron chi connectivity index (χ3n) is 4.19. The Kier molecular flexibility index (Phi) is 13.6. The van der Waals surface area contributed by atoms with E-state index in [1.165, 1.54) is 12.1 Å². The molecule has 4 N–H and O–H groups in total. The Morgan fingerprint density at radius 2 is 1.23 bits per heavy atom. The molecule has 0 saturated carbocycles. The van der Waals surface area contributed by atoms with E-state index in [0.717, 1.165) is 0 Å². The maximum Gasteiger partial charge on any atom is 0.336 e. The van der Waals surface area contributed by atoms with Crippen LogP contribution in [0.1, 0.15) is 44.7 Å². The van der Waals surface area contributed by atoms with E-state index in [9.17, 15) is 19.8 Å². The molecule has 10 heteroatoms. The first-order valence-corrected chi connectivity index (χ1v) is 9.67. The number of aromatic carboxylic acids is 2. The van der Waals surface area contributed by atoms with Crippen molar-refractivity contribution < 1.29 is 49.0 Å². The Labute approximate surface area is 174 Å². The van der Waals surface area contributed by atoms with Crippen molar-refractivity contribution in [3.8, 4) is 0 Å². The van der Waals surface area contributed by atoms with Gasteiger partial charge in [-0.3, -0.25) is 0 Å². The lowest BCUT2D eigenvalue weighted by atomic mass is 9.92. The number of hydrogen-bond acceptors (Lipinski definition) is 8. The molecule has 0 spiro atoms. The molecule has 170 valence electrons. The van der Waals surface area contributed by atoms with Gasteiger partial charge in [0.05, 0.1) is 37.6 Å². The van der Waals surface area contributed by atoms with Crippen LogP contribution in [-0.2, 0) is 31.8 Å². The summed E-state index contributed by atoms with van der Waals surface area (Å²) in [5.74, 6) is -2.40. The second kappa shape index (κ2) is 15.7. The summed E-state index contributed by atoms with van der Waals surface area (Å²) in [5.41, 5.74) is 0.612. The van der Waals surface area contributed by atoms with E-state index in [-0.39, 0.29) is 49.9 Å². The Balaban J connectivity index is 2.74. The number of aliphatic hydroxyl groups excluding tert-OH is 2. The van der Waals surface area contributed by atoms with Crippen LogP contribution < -0.4 is 0 Å². The van der Waals surface area contributed by atoms with Gasteiger partial charge in [-0.2, -0.15) is 0 Å². The maximum absolute atomic E-state index is 11.9. The summed E-state index contributed by atoms with van der Waals surface area (Å²) in [6.45, 7) is 1.16. The number of hydrogen-bond donors (Lipinski definition) is 4. The van der Waals surface area contributed by atoms with Gasteiger partial charge < -0.3 is 39.4 Å². The highest BCUT2D eigenvalue weighted by molar-refractivity contribution is 5.97. The fourth-order valence-corrected chi connectivity index (χ4v) is 2.85. The van der Waals surface area contributed by atoms with Crippen LogP contribution in [0.5, 0.6) is 0 Å². The summed E-state index contributed by atoms with van der Waals surface area (Å²) in [4.78, 5) is 23.4. The third kappa shape index (κ3) is 9.61. The van der Waals surface area contributed by atoms with E-state index in [0.29, 0.717) is 51.3 Å². The zero-order valence-electron chi connectivity index (χ0n) is 16.9. The van der Waals surface area contributed by atoms with Crippen LogP contribution in [-0.4, -0.2) is 85.6 Å². The Hall–Kier alpha value is -2.08. The van der Waals surface area contributed by atoms with Crippen molar-refractivity contribution >= 4 is 11.9 Å². The molecule has 0 atom stereocenters. The molecular weight excluding hydrogens is 400 g/mol. The highest BCUT2D eigenvalue weighted by Gasteiger charge is 2.22. The van der Waals surface area contributed by atoms with Crippen molar-refractivity contribution in [2.24, 2.45) is 0 Å². The van der Waals surface area contributed by atoms with Crippen molar-refractivity contribution in [2.45, 2.75) is 25.7 Å². The summed E-state index contributed by atoms with van der Waals surface area (Å²) in [7, 11) is 0. The molecule has 1 aromatic rings. The first kappa shape index (κ1) is 26.0. The summed E-state index contributed by atoms with van der Waals surface area (Å²) in [6.07, 6.45) is 1.60. The first-order chi connectivity index (χ1) is 14.5. The Bertz CT molecular complexity index is 647. The second-order valence-electron chi connectivity index (χ2n) is 6.24. The number of carboxylic acid groups (broad SMARTS) is 2. The molecule has 1 aromatic carbocycles. The minimum Gasteiger partial charge on any atom is -0.478 e. The number of rotatable bonds is 18. The van der Waals surface area contributed by atoms with Crippen LogP contribution in [0.4, 0.5) is 0 Å². The molecule has 0 aliphatic heterocycles. The number of carboxylic acids is 2. The second-order valence-corrected chi connectivity index (χ2v) is 6.24. The lowest BCUT2D eigenvalue weighted by molar-refractivity contribution is -0.0108. The summed E-state index contributed by atoms with van der Waals surface area (Å²) in [6, 6.07) is 2.91. The molecule has 0 heterocycles. The zero-order chi connectivity index (χ0) is 22.2. The monoisotopic (exact) mass is 430 g/mol. The van der Waals surface area contributed by atoms with Crippen molar-refractivity contribution in [3.63, 3.8) is 0 Å². The molecule has 0 aliphatic rings. The van der Waals surface area contributed by atoms with Gasteiger partial charge in [0.1, 0.15) is 13.6 Å². The van der Waals surface area contributed by atoms with Gasteiger partial charge in [-0.05, 0) is 42.9 Å². The normalized spacial score (nSPS) is 11.0. The minimum atomic E-state index is -1.20. The van der Waals surface area contributed by atoms with Gasteiger partial charge in [-0.1, -0.05) is 6.07 Å². The Morgan fingerprint density at radius 3 is 1.73 bits per heavy atom. The van der Waals surface area contributed by atoms with E-state index in [2.05, 4.69) is 0 Å². The predicted octanol–water partition coefficient (Wildman–Crippen LogP) is 0.914. The maximum atomic E-state index is 11.9. The lowest BCUT2D eigenvalue weighted by Gasteiger charge is -2.15. The number of carbonyl (C=O) groups is 2. The van der Waals surface area contributed by atoms with E-state index in [4.69, 9.17) is 29.2 Å². The quantitative estimate of drug-likeness (QED) is 0.195. The minimum absolute atomic E-state index is 0.0330. The molecule has 0 amide bonds. The van der Waals surface area contributed by atoms with Gasteiger partial charge >= 0.3 is 11.9 Å². The van der Waals surface area contributed by atoms with E-state index in [1.807, 2.05) is 0 Å². The highest BCUT2D eigenvalue weighted by Crippen LogP contribution is 2.22. The molecule has 0 unspecified atom stereocenters. The molecule has 0 fully saturated rings. The predicted molar refractivity (Wildman–Crippen MR) is 105 cm³/mol. The third-order valence-corrected chi connectivity index (χ3v) is 4.19. The molecule has 0 aliphatic carbocycles. The van der Waals surface area contributed by atoms with Gasteiger partial charge in [0.2, 0.25) is 0 Å². The fraction of sp³-hybridized carbons (Fsp3) is 0.600. The standard InChI is InChI=1S/C20H30O10/c21-13-29-9-1-7-27-11-5-15-3-4-17(19(23)24)16(18(15)20(25)26)6-12-28-8-2-10-30-14-22/h3-4,21-22H,1-2,5-14H2,(H,23,24)(H,25,26). The number of aliphatic hydroxyl groups is 2. The van der Waals surface area contributed by atoms with Gasteiger partial charge in [0.15, 0.2) is 0 Å². The van der Waals surface area contributed by atoms with Crippen LogP contribution in [0, 0.1) is 0 Å². The molecule has 10 nitrogen and oxygen atoms in total. The lowest BCUT2D eigenvalue weighted by Crippen LogP contribution is -2.16. The summed E-state index contributed by atoms with van der Waals surface area (Å²) in [5, 5.41) is 36.2. The van der Waals surface area contributed by atoms with Gasteiger partial charge in [0, 0.05) is 13.2 Å². The first-order valence-electron chi connectivity index (χ1n) is 9.67. The van der Waals surface area contributed by atoms with Crippen molar-refractivity contribution in [3.05, 3.63) is 34.4 Å². The smallest absolute Gasteiger partial charge is 0.336 e. The number of benzene rings is 1. The fourth-order valence-electron chi connectivity index (χ4n) is 2.85. The molecule has 0 saturated heterocycles. The molecule has 0 aromatic heterocycles. The van der Waals surface area contributed by atoms with Gasteiger partial charge in [0.25, 0.3) is 0 Å².